The van der Waals surface area contributed by atoms with E-state index in [9.17, 15) is 4.79 Å². The van der Waals surface area contributed by atoms with Gasteiger partial charge in [0.05, 0.1) is 5.69 Å². The molecule has 0 unspecified atom stereocenters. The zero-order chi connectivity index (χ0) is 14.5. The molecule has 4 nitrogen and oxygen atoms in total. The Balaban J connectivity index is 0.00000220. The minimum Gasteiger partial charge on any atom is -0.337 e. The van der Waals surface area contributed by atoms with E-state index in [1.165, 1.54) is 5.56 Å². The minimum atomic E-state index is -0.0244. The summed E-state index contributed by atoms with van der Waals surface area (Å²) in [5.74, 6) is -0.0244. The Morgan fingerprint density at radius 3 is 2.71 bits per heavy atom. The molecular weight excluding hydrogens is 286 g/mol. The molecule has 0 fully saturated rings. The fourth-order valence-corrected chi connectivity index (χ4v) is 2.10. The molecule has 0 atom stereocenters. The van der Waals surface area contributed by atoms with E-state index in [1.807, 2.05) is 25.1 Å². The second-order valence-electron chi connectivity index (χ2n) is 4.89. The van der Waals surface area contributed by atoms with Crippen LogP contribution in [0.4, 0.5) is 0 Å². The normalized spacial score (nSPS) is 9.86. The Kier molecular flexibility index (Phi) is 6.34. The van der Waals surface area contributed by atoms with Crippen LogP contribution in [0.15, 0.2) is 42.6 Å². The lowest BCUT2D eigenvalue weighted by atomic mass is 10.1. The van der Waals surface area contributed by atoms with E-state index in [0.29, 0.717) is 18.7 Å². The van der Waals surface area contributed by atoms with Crippen molar-refractivity contribution in [3.63, 3.8) is 0 Å². The number of halogens is 1. The number of rotatable bonds is 4. The Bertz CT molecular complexity index is 616. The number of aryl methyl sites for hydroxylation is 1. The monoisotopic (exact) mass is 305 g/mol. The zero-order valence-electron chi connectivity index (χ0n) is 12.2. The van der Waals surface area contributed by atoms with Crippen molar-refractivity contribution in [3.05, 3.63) is 65.0 Å². The van der Waals surface area contributed by atoms with E-state index >= 15 is 0 Å². The Morgan fingerprint density at radius 1 is 1.29 bits per heavy atom. The van der Waals surface area contributed by atoms with Crippen LogP contribution >= 0.6 is 12.4 Å². The lowest BCUT2D eigenvalue weighted by Gasteiger charge is -2.18. The van der Waals surface area contributed by atoms with E-state index < -0.39 is 0 Å². The van der Waals surface area contributed by atoms with Gasteiger partial charge in [0.1, 0.15) is 0 Å². The summed E-state index contributed by atoms with van der Waals surface area (Å²) in [4.78, 5) is 18.2. The summed E-state index contributed by atoms with van der Waals surface area (Å²) in [6.45, 7) is 2.96. The quantitative estimate of drug-likeness (QED) is 0.944. The summed E-state index contributed by atoms with van der Waals surface area (Å²) in [6.07, 6.45) is 1.62. The second-order valence-corrected chi connectivity index (χ2v) is 4.89. The van der Waals surface area contributed by atoms with E-state index in [-0.39, 0.29) is 18.3 Å². The maximum Gasteiger partial charge on any atom is 0.254 e. The predicted octanol–water partition coefficient (Wildman–Crippen LogP) is 2.54. The first-order valence-corrected chi connectivity index (χ1v) is 6.56. The SMILES string of the molecule is Cc1cccc(CN(C)C(=O)c2ccnc(CN)c2)c1.Cl. The molecular formula is C16H20ClN3O. The number of aromatic nitrogens is 1. The van der Waals surface area contributed by atoms with Crippen LogP contribution in [0.5, 0.6) is 0 Å². The number of benzene rings is 1. The van der Waals surface area contributed by atoms with Crippen molar-refractivity contribution in [2.75, 3.05) is 7.05 Å². The van der Waals surface area contributed by atoms with Gasteiger partial charge < -0.3 is 10.6 Å². The maximum atomic E-state index is 12.4. The highest BCUT2D eigenvalue weighted by Gasteiger charge is 2.12. The summed E-state index contributed by atoms with van der Waals surface area (Å²) in [5.41, 5.74) is 9.20. The largest absolute Gasteiger partial charge is 0.337 e. The molecule has 0 spiro atoms. The molecule has 0 aliphatic rings. The van der Waals surface area contributed by atoms with Crippen LogP contribution in [-0.4, -0.2) is 22.8 Å². The summed E-state index contributed by atoms with van der Waals surface area (Å²) >= 11 is 0. The second kappa shape index (κ2) is 7.76. The molecule has 2 N–H and O–H groups in total. The maximum absolute atomic E-state index is 12.4. The molecule has 0 aliphatic carbocycles. The molecule has 112 valence electrons. The first-order chi connectivity index (χ1) is 9.60. The third kappa shape index (κ3) is 4.55. The van der Waals surface area contributed by atoms with Crippen LogP contribution in [-0.2, 0) is 13.1 Å². The van der Waals surface area contributed by atoms with Crippen LogP contribution < -0.4 is 5.73 Å². The van der Waals surface area contributed by atoms with Crippen LogP contribution in [0.25, 0.3) is 0 Å². The van der Waals surface area contributed by atoms with Crippen molar-refractivity contribution in [2.45, 2.75) is 20.0 Å². The standard InChI is InChI=1S/C16H19N3O.ClH/c1-12-4-3-5-13(8-12)11-19(2)16(20)14-6-7-18-15(9-14)10-17;/h3-9H,10-11,17H2,1-2H3;1H. The first-order valence-electron chi connectivity index (χ1n) is 6.56. The van der Waals surface area contributed by atoms with Crippen LogP contribution in [0.3, 0.4) is 0 Å². The number of carbonyl (C=O) groups excluding carboxylic acids is 1. The number of amides is 1. The molecule has 1 amide bonds. The highest BCUT2D eigenvalue weighted by molar-refractivity contribution is 5.94. The molecule has 5 heteroatoms. The Labute approximate surface area is 131 Å². The fourth-order valence-electron chi connectivity index (χ4n) is 2.10. The summed E-state index contributed by atoms with van der Waals surface area (Å²) in [6, 6.07) is 11.6. The predicted molar refractivity (Wildman–Crippen MR) is 86.4 cm³/mol. The van der Waals surface area contributed by atoms with Crippen molar-refractivity contribution in [1.29, 1.82) is 0 Å². The van der Waals surface area contributed by atoms with Gasteiger partial charge in [0, 0.05) is 31.9 Å². The van der Waals surface area contributed by atoms with E-state index in [2.05, 4.69) is 11.1 Å². The number of carbonyl (C=O) groups is 1. The Morgan fingerprint density at radius 2 is 2.05 bits per heavy atom. The third-order valence-corrected chi connectivity index (χ3v) is 3.12. The molecule has 0 radical (unpaired) electrons. The molecule has 0 saturated carbocycles. The number of pyridine rings is 1. The summed E-state index contributed by atoms with van der Waals surface area (Å²) in [5, 5.41) is 0. The molecule has 0 bridgehead atoms. The highest BCUT2D eigenvalue weighted by atomic mass is 35.5. The Hall–Kier alpha value is -1.91. The lowest BCUT2D eigenvalue weighted by molar-refractivity contribution is 0.0785. The van der Waals surface area contributed by atoms with Crippen molar-refractivity contribution < 1.29 is 4.79 Å². The first kappa shape index (κ1) is 17.1. The smallest absolute Gasteiger partial charge is 0.254 e. The van der Waals surface area contributed by atoms with Gasteiger partial charge in [-0.3, -0.25) is 9.78 Å². The molecule has 1 aromatic heterocycles. The van der Waals surface area contributed by atoms with Gasteiger partial charge in [-0.2, -0.15) is 0 Å². The molecule has 2 rings (SSSR count). The molecule has 1 aromatic carbocycles. The van der Waals surface area contributed by atoms with Crippen molar-refractivity contribution in [1.82, 2.24) is 9.88 Å². The van der Waals surface area contributed by atoms with E-state index in [1.54, 1.807) is 30.3 Å². The average Bonchev–Trinajstić information content (AvgIpc) is 2.46. The minimum absolute atomic E-state index is 0. The van der Waals surface area contributed by atoms with Gasteiger partial charge in [-0.25, -0.2) is 0 Å². The topological polar surface area (TPSA) is 59.2 Å². The lowest BCUT2D eigenvalue weighted by Crippen LogP contribution is -2.26. The van der Waals surface area contributed by atoms with E-state index in [4.69, 9.17) is 5.73 Å². The van der Waals surface area contributed by atoms with Gasteiger partial charge >= 0.3 is 0 Å². The molecule has 2 aromatic rings. The van der Waals surface area contributed by atoms with Gasteiger partial charge in [-0.1, -0.05) is 29.8 Å². The van der Waals surface area contributed by atoms with Crippen molar-refractivity contribution in [3.8, 4) is 0 Å². The molecule has 21 heavy (non-hydrogen) atoms. The summed E-state index contributed by atoms with van der Waals surface area (Å²) in [7, 11) is 1.80. The molecule has 0 aliphatic heterocycles. The van der Waals surface area contributed by atoms with Crippen molar-refractivity contribution in [2.24, 2.45) is 5.73 Å². The van der Waals surface area contributed by atoms with Gasteiger partial charge in [0.15, 0.2) is 0 Å². The van der Waals surface area contributed by atoms with Gasteiger partial charge in [0.2, 0.25) is 0 Å². The van der Waals surface area contributed by atoms with Crippen LogP contribution in [0, 0.1) is 6.92 Å². The van der Waals surface area contributed by atoms with Gasteiger partial charge in [-0.05, 0) is 24.6 Å². The van der Waals surface area contributed by atoms with Gasteiger partial charge in [0.25, 0.3) is 5.91 Å². The van der Waals surface area contributed by atoms with Crippen molar-refractivity contribution >= 4 is 18.3 Å². The van der Waals surface area contributed by atoms with E-state index in [0.717, 1.165) is 11.3 Å². The van der Waals surface area contributed by atoms with Crippen LogP contribution in [0.1, 0.15) is 27.2 Å². The third-order valence-electron chi connectivity index (χ3n) is 3.12. The van der Waals surface area contributed by atoms with Gasteiger partial charge in [-0.15, -0.1) is 12.4 Å². The number of nitrogens with two attached hydrogens (primary N) is 1. The molecule has 1 heterocycles. The molecule has 0 saturated heterocycles. The number of hydrogen-bond donors (Lipinski definition) is 1. The average molecular weight is 306 g/mol. The van der Waals surface area contributed by atoms with Crippen LogP contribution in [0.2, 0.25) is 0 Å². The zero-order valence-corrected chi connectivity index (χ0v) is 13.1. The number of nitrogens with zero attached hydrogens (tertiary/aromatic N) is 2. The summed E-state index contributed by atoms with van der Waals surface area (Å²) < 4.78 is 0. The number of hydrogen-bond acceptors (Lipinski definition) is 3. The fraction of sp³-hybridized carbons (Fsp3) is 0.250. The highest BCUT2D eigenvalue weighted by Crippen LogP contribution is 2.10.